The second kappa shape index (κ2) is 4.65. The molecule has 0 atom stereocenters. The Kier molecular flexibility index (Phi) is 3.21. The largest absolute Gasteiger partial charge is 0.396 e. The smallest absolute Gasteiger partial charge is 0.131 e. The highest BCUT2D eigenvalue weighted by Crippen LogP contribution is 2.38. The van der Waals surface area contributed by atoms with Crippen molar-refractivity contribution in [3.8, 4) is 12.1 Å². The maximum Gasteiger partial charge on any atom is 0.131 e. The zero-order valence-corrected chi connectivity index (χ0v) is 10.5. The van der Waals surface area contributed by atoms with Crippen LogP contribution in [0.3, 0.4) is 0 Å². The van der Waals surface area contributed by atoms with Crippen molar-refractivity contribution >= 4 is 22.0 Å². The quantitative estimate of drug-likeness (QED) is 0.887. The summed E-state index contributed by atoms with van der Waals surface area (Å²) in [5.41, 5.74) is 6.56. The molecule has 5 heteroatoms. The number of nitrogen functional groups attached to an aromatic ring is 1. The molecule has 1 fully saturated rings. The lowest BCUT2D eigenvalue weighted by Crippen LogP contribution is -2.29. The molecule has 0 spiro atoms. The molecular weight excluding hydrogens is 232 g/mol. The molecule has 0 aliphatic heterocycles. The third kappa shape index (κ3) is 2.07. The van der Waals surface area contributed by atoms with Crippen molar-refractivity contribution in [2.45, 2.75) is 19.3 Å². The van der Waals surface area contributed by atoms with E-state index in [2.05, 4.69) is 11.0 Å². The Bertz CT molecular complexity index is 502. The predicted octanol–water partition coefficient (Wildman–Crippen LogP) is 2.31. The summed E-state index contributed by atoms with van der Waals surface area (Å²) in [5, 5.41) is 18.9. The molecule has 1 heterocycles. The summed E-state index contributed by atoms with van der Waals surface area (Å²) in [6.45, 7) is 0.944. The van der Waals surface area contributed by atoms with E-state index in [-0.39, 0.29) is 0 Å². The molecule has 0 amide bonds. The molecule has 0 saturated heterocycles. The fourth-order valence-electron chi connectivity index (χ4n) is 2.04. The van der Waals surface area contributed by atoms with Gasteiger partial charge in [-0.15, -0.1) is 11.3 Å². The molecule has 0 aromatic carbocycles. The molecule has 0 unspecified atom stereocenters. The van der Waals surface area contributed by atoms with E-state index in [4.69, 9.17) is 16.3 Å². The zero-order valence-electron chi connectivity index (χ0n) is 9.73. The molecule has 1 saturated carbocycles. The van der Waals surface area contributed by atoms with Gasteiger partial charge in [-0.1, -0.05) is 6.42 Å². The first-order chi connectivity index (χ1) is 8.17. The van der Waals surface area contributed by atoms with Crippen LogP contribution in [-0.2, 0) is 0 Å². The maximum absolute atomic E-state index is 9.10. The number of anilines is 2. The summed E-state index contributed by atoms with van der Waals surface area (Å²) >= 11 is 1.31. The minimum absolute atomic E-state index is 0.329. The Morgan fingerprint density at radius 2 is 2.12 bits per heavy atom. The Balaban J connectivity index is 2.25. The normalized spacial score (nSPS) is 14.8. The molecule has 1 aromatic rings. The van der Waals surface area contributed by atoms with Crippen molar-refractivity contribution in [1.82, 2.24) is 0 Å². The average molecular weight is 246 g/mol. The third-order valence-corrected chi connectivity index (χ3v) is 4.47. The molecule has 1 aliphatic carbocycles. The van der Waals surface area contributed by atoms with Crippen molar-refractivity contribution in [1.29, 1.82) is 10.5 Å². The van der Waals surface area contributed by atoms with Gasteiger partial charge < -0.3 is 10.6 Å². The van der Waals surface area contributed by atoms with Gasteiger partial charge in [-0.3, -0.25) is 0 Å². The van der Waals surface area contributed by atoms with E-state index in [1.54, 1.807) is 0 Å². The monoisotopic (exact) mass is 246 g/mol. The first-order valence-electron chi connectivity index (χ1n) is 5.61. The van der Waals surface area contributed by atoms with Crippen molar-refractivity contribution in [2.75, 3.05) is 24.2 Å². The van der Waals surface area contributed by atoms with Gasteiger partial charge in [0.05, 0.1) is 5.69 Å². The fraction of sp³-hybridized carbons (Fsp3) is 0.500. The topological polar surface area (TPSA) is 76.8 Å². The van der Waals surface area contributed by atoms with Crippen LogP contribution in [0.4, 0.5) is 10.7 Å². The number of nitrogens with two attached hydrogens (primary N) is 1. The van der Waals surface area contributed by atoms with E-state index in [9.17, 15) is 0 Å². The Morgan fingerprint density at radius 3 is 2.59 bits per heavy atom. The van der Waals surface area contributed by atoms with Gasteiger partial charge in [0.25, 0.3) is 0 Å². The number of rotatable bonds is 3. The highest BCUT2D eigenvalue weighted by molar-refractivity contribution is 7.17. The molecule has 1 aromatic heterocycles. The number of nitrogens with zero attached hydrogens (tertiary/aromatic N) is 3. The number of nitriles is 2. The summed E-state index contributed by atoms with van der Waals surface area (Å²) in [4.78, 5) is 2.50. The molecule has 88 valence electrons. The van der Waals surface area contributed by atoms with Crippen molar-refractivity contribution in [2.24, 2.45) is 5.92 Å². The van der Waals surface area contributed by atoms with E-state index >= 15 is 0 Å². The van der Waals surface area contributed by atoms with Gasteiger partial charge in [-0.2, -0.15) is 10.5 Å². The lowest BCUT2D eigenvalue weighted by Gasteiger charge is -2.30. The van der Waals surface area contributed by atoms with Crippen LogP contribution >= 0.6 is 11.3 Å². The van der Waals surface area contributed by atoms with Gasteiger partial charge in [0.15, 0.2) is 0 Å². The minimum Gasteiger partial charge on any atom is -0.396 e. The van der Waals surface area contributed by atoms with Crippen LogP contribution in [0.2, 0.25) is 0 Å². The van der Waals surface area contributed by atoms with Gasteiger partial charge in [0.1, 0.15) is 27.6 Å². The Hall–Kier alpha value is -1.72. The van der Waals surface area contributed by atoms with Crippen LogP contribution in [0.25, 0.3) is 0 Å². The zero-order chi connectivity index (χ0) is 12.4. The summed E-state index contributed by atoms with van der Waals surface area (Å²) in [7, 11) is 1.96. The first kappa shape index (κ1) is 11.8. The van der Waals surface area contributed by atoms with Gasteiger partial charge in [0.2, 0.25) is 0 Å². The van der Waals surface area contributed by atoms with E-state index in [0.29, 0.717) is 16.1 Å². The van der Waals surface area contributed by atoms with Gasteiger partial charge in [-0.25, -0.2) is 0 Å². The van der Waals surface area contributed by atoms with Crippen LogP contribution in [0.15, 0.2) is 0 Å². The van der Waals surface area contributed by atoms with Gasteiger partial charge >= 0.3 is 0 Å². The molecule has 4 nitrogen and oxygen atoms in total. The highest BCUT2D eigenvalue weighted by Gasteiger charge is 2.23. The molecule has 1 aliphatic rings. The lowest BCUT2D eigenvalue weighted by atomic mass is 9.85. The second-order valence-electron chi connectivity index (χ2n) is 4.43. The summed E-state index contributed by atoms with van der Waals surface area (Å²) < 4.78 is 0. The van der Waals surface area contributed by atoms with Gasteiger partial charge in [-0.05, 0) is 18.8 Å². The summed E-state index contributed by atoms with van der Waals surface area (Å²) in [5.74, 6) is 0.723. The standard InChI is InChI=1S/C12H14N4S/c1-16(7-8-3-2-4-8)12-9(5-13)11(15)10(6-14)17-12/h8H,2-4,7,15H2,1H3. The predicted molar refractivity (Wildman–Crippen MR) is 68.8 cm³/mol. The fourth-order valence-corrected chi connectivity index (χ4v) is 2.98. The minimum atomic E-state index is 0.329. The molecular formula is C12H14N4S. The summed E-state index contributed by atoms with van der Waals surface area (Å²) in [6, 6.07) is 4.14. The van der Waals surface area contributed by atoms with Crippen molar-refractivity contribution in [3.63, 3.8) is 0 Å². The van der Waals surface area contributed by atoms with Crippen LogP contribution in [0.5, 0.6) is 0 Å². The van der Waals surface area contributed by atoms with Crippen LogP contribution in [0.1, 0.15) is 29.7 Å². The molecule has 0 radical (unpaired) electrons. The number of thiophene rings is 1. The van der Waals surface area contributed by atoms with E-state index < -0.39 is 0 Å². The first-order valence-corrected chi connectivity index (χ1v) is 6.42. The number of hydrogen-bond donors (Lipinski definition) is 1. The Morgan fingerprint density at radius 1 is 1.41 bits per heavy atom. The molecule has 2 N–H and O–H groups in total. The average Bonchev–Trinajstić information content (AvgIpc) is 2.60. The maximum atomic E-state index is 9.10. The highest BCUT2D eigenvalue weighted by atomic mass is 32.1. The van der Waals surface area contributed by atoms with Crippen LogP contribution < -0.4 is 10.6 Å². The van der Waals surface area contributed by atoms with Gasteiger partial charge in [0, 0.05) is 13.6 Å². The Labute approximate surface area is 105 Å². The lowest BCUT2D eigenvalue weighted by molar-refractivity contribution is 0.322. The van der Waals surface area contributed by atoms with Crippen molar-refractivity contribution in [3.05, 3.63) is 10.4 Å². The van der Waals surface area contributed by atoms with E-state index in [1.807, 2.05) is 13.1 Å². The van der Waals surface area contributed by atoms with Crippen LogP contribution in [-0.4, -0.2) is 13.6 Å². The summed E-state index contributed by atoms with van der Waals surface area (Å²) in [6.07, 6.45) is 3.83. The molecule has 17 heavy (non-hydrogen) atoms. The van der Waals surface area contributed by atoms with Crippen molar-refractivity contribution < 1.29 is 0 Å². The van der Waals surface area contributed by atoms with E-state index in [0.717, 1.165) is 17.5 Å². The molecule has 0 bridgehead atoms. The molecule has 2 rings (SSSR count). The SMILES string of the molecule is CN(CC1CCC1)c1sc(C#N)c(N)c1C#N. The third-order valence-electron chi connectivity index (χ3n) is 3.24. The number of hydrogen-bond acceptors (Lipinski definition) is 5. The second-order valence-corrected chi connectivity index (χ2v) is 5.43. The van der Waals surface area contributed by atoms with E-state index in [1.165, 1.54) is 30.6 Å². The van der Waals surface area contributed by atoms with Crippen LogP contribution in [0, 0.1) is 28.6 Å².